The molecule has 0 unspecified atom stereocenters. The molecule has 1 saturated heterocycles. The van der Waals surface area contributed by atoms with Crippen LogP contribution in [0.15, 0.2) is 30.3 Å². The van der Waals surface area contributed by atoms with Crippen LogP contribution in [-0.4, -0.2) is 23.3 Å². The van der Waals surface area contributed by atoms with Crippen LogP contribution >= 0.6 is 0 Å². The number of hydrogen-bond acceptors (Lipinski definition) is 2. The van der Waals surface area contributed by atoms with Crippen molar-refractivity contribution in [2.75, 3.05) is 13.1 Å². The third kappa shape index (κ3) is 2.29. The molecular weight excluding hydrogens is 229 g/mol. The van der Waals surface area contributed by atoms with Crippen LogP contribution in [0.3, 0.4) is 0 Å². The molecule has 18 heavy (non-hydrogen) atoms. The lowest BCUT2D eigenvalue weighted by Crippen LogP contribution is -2.28. The van der Waals surface area contributed by atoms with Gasteiger partial charge in [-0.2, -0.15) is 5.10 Å². The highest BCUT2D eigenvalue weighted by Gasteiger charge is 2.17. The summed E-state index contributed by atoms with van der Waals surface area (Å²) < 4.78 is 12.9. The molecule has 0 saturated carbocycles. The Morgan fingerprint density at radius 2 is 2.06 bits per heavy atom. The van der Waals surface area contributed by atoms with Gasteiger partial charge in [0.25, 0.3) is 0 Å². The number of aromatic nitrogens is 2. The molecular formula is C14H16FN3. The van der Waals surface area contributed by atoms with E-state index in [0.717, 1.165) is 24.3 Å². The van der Waals surface area contributed by atoms with Gasteiger partial charge < -0.3 is 5.32 Å². The molecule has 1 aromatic heterocycles. The zero-order chi connectivity index (χ0) is 12.4. The summed E-state index contributed by atoms with van der Waals surface area (Å²) in [4.78, 5) is 0. The van der Waals surface area contributed by atoms with Crippen LogP contribution in [0.5, 0.6) is 0 Å². The smallest absolute Gasteiger partial charge is 0.123 e. The maximum Gasteiger partial charge on any atom is 0.123 e. The molecule has 2 aromatic rings. The third-order valence-electron chi connectivity index (χ3n) is 3.47. The lowest BCUT2D eigenvalue weighted by Gasteiger charge is -2.21. The molecule has 0 spiro atoms. The number of rotatable bonds is 2. The van der Waals surface area contributed by atoms with Crippen LogP contribution in [-0.2, 0) is 0 Å². The van der Waals surface area contributed by atoms with E-state index < -0.39 is 0 Å². The summed E-state index contributed by atoms with van der Waals surface area (Å²) in [5, 5.41) is 10.8. The summed E-state index contributed by atoms with van der Waals surface area (Å²) >= 11 is 0. The van der Waals surface area contributed by atoms with Gasteiger partial charge in [-0.3, -0.25) is 5.10 Å². The van der Waals surface area contributed by atoms with Crippen molar-refractivity contribution in [3.63, 3.8) is 0 Å². The molecule has 94 valence electrons. The van der Waals surface area contributed by atoms with Crippen LogP contribution < -0.4 is 5.32 Å². The van der Waals surface area contributed by atoms with Gasteiger partial charge in [0, 0.05) is 23.7 Å². The summed E-state index contributed by atoms with van der Waals surface area (Å²) in [6.07, 6.45) is 2.40. The van der Waals surface area contributed by atoms with E-state index in [1.54, 1.807) is 12.1 Å². The van der Waals surface area contributed by atoms with Crippen molar-refractivity contribution in [3.05, 3.63) is 41.8 Å². The monoisotopic (exact) mass is 245 g/mol. The molecule has 1 aliphatic rings. The molecule has 0 radical (unpaired) electrons. The van der Waals surface area contributed by atoms with E-state index in [1.165, 1.54) is 30.7 Å². The molecule has 0 bridgehead atoms. The number of piperidine rings is 1. The quantitative estimate of drug-likeness (QED) is 0.854. The fourth-order valence-electron chi connectivity index (χ4n) is 2.43. The number of nitrogens with zero attached hydrogens (tertiary/aromatic N) is 1. The summed E-state index contributed by atoms with van der Waals surface area (Å²) in [7, 11) is 0. The lowest BCUT2D eigenvalue weighted by atomic mass is 9.96. The Kier molecular flexibility index (Phi) is 3.11. The number of nitrogens with one attached hydrogen (secondary N) is 2. The Balaban J connectivity index is 1.82. The topological polar surface area (TPSA) is 40.7 Å². The first-order valence-electron chi connectivity index (χ1n) is 6.35. The highest BCUT2D eigenvalue weighted by atomic mass is 19.1. The number of hydrogen-bond donors (Lipinski definition) is 2. The zero-order valence-corrected chi connectivity index (χ0v) is 10.1. The van der Waals surface area contributed by atoms with Crippen LogP contribution in [0.25, 0.3) is 11.3 Å². The van der Waals surface area contributed by atoms with E-state index in [0.29, 0.717) is 5.92 Å². The molecule has 1 atom stereocenters. The molecule has 0 aliphatic carbocycles. The van der Waals surface area contributed by atoms with E-state index in [-0.39, 0.29) is 5.82 Å². The molecule has 3 rings (SSSR count). The second-order valence-corrected chi connectivity index (χ2v) is 4.76. The molecule has 4 heteroatoms. The molecule has 1 aliphatic heterocycles. The van der Waals surface area contributed by atoms with E-state index in [1.807, 2.05) is 0 Å². The van der Waals surface area contributed by atoms with Gasteiger partial charge in [0.15, 0.2) is 0 Å². The first kappa shape index (κ1) is 11.4. The Morgan fingerprint density at radius 1 is 1.22 bits per heavy atom. The van der Waals surface area contributed by atoms with E-state index in [9.17, 15) is 4.39 Å². The van der Waals surface area contributed by atoms with E-state index in [4.69, 9.17) is 0 Å². The van der Waals surface area contributed by atoms with E-state index in [2.05, 4.69) is 21.6 Å². The standard InChI is InChI=1S/C14H16FN3/c15-12-5-3-10(4-6-12)13-8-14(18-17-13)11-2-1-7-16-9-11/h3-6,8,11,16H,1-2,7,9H2,(H,17,18)/t11-/m1/s1. The highest BCUT2D eigenvalue weighted by Crippen LogP contribution is 2.25. The van der Waals surface area contributed by atoms with Crippen LogP contribution in [0.1, 0.15) is 24.5 Å². The third-order valence-corrected chi connectivity index (χ3v) is 3.47. The average Bonchev–Trinajstić information content (AvgIpc) is 2.90. The molecule has 1 fully saturated rings. The average molecular weight is 245 g/mol. The van der Waals surface area contributed by atoms with Gasteiger partial charge >= 0.3 is 0 Å². The minimum atomic E-state index is -0.217. The minimum absolute atomic E-state index is 0.217. The van der Waals surface area contributed by atoms with Crippen molar-refractivity contribution in [1.82, 2.24) is 15.5 Å². The largest absolute Gasteiger partial charge is 0.316 e. The first-order valence-corrected chi connectivity index (χ1v) is 6.35. The maximum absolute atomic E-state index is 12.9. The highest BCUT2D eigenvalue weighted by molar-refractivity contribution is 5.59. The Hall–Kier alpha value is -1.68. The number of aromatic amines is 1. The molecule has 3 nitrogen and oxygen atoms in total. The van der Waals surface area contributed by atoms with Crippen molar-refractivity contribution in [1.29, 1.82) is 0 Å². The molecule has 2 heterocycles. The van der Waals surface area contributed by atoms with Crippen molar-refractivity contribution in [3.8, 4) is 11.3 Å². The van der Waals surface area contributed by atoms with Gasteiger partial charge in [0.2, 0.25) is 0 Å². The minimum Gasteiger partial charge on any atom is -0.316 e. The number of benzene rings is 1. The Morgan fingerprint density at radius 3 is 2.78 bits per heavy atom. The lowest BCUT2D eigenvalue weighted by molar-refractivity contribution is 0.454. The van der Waals surface area contributed by atoms with Crippen LogP contribution in [0.2, 0.25) is 0 Å². The first-order chi connectivity index (χ1) is 8.83. The normalized spacial score (nSPS) is 19.9. The van der Waals surface area contributed by atoms with Crippen molar-refractivity contribution >= 4 is 0 Å². The SMILES string of the molecule is Fc1ccc(-c2cc([C@@H]3CCCNC3)[nH]n2)cc1. The van der Waals surface area contributed by atoms with Gasteiger partial charge in [0.05, 0.1) is 5.69 Å². The van der Waals surface area contributed by atoms with Gasteiger partial charge in [-0.15, -0.1) is 0 Å². The summed E-state index contributed by atoms with van der Waals surface area (Å²) in [6, 6.07) is 8.52. The van der Waals surface area contributed by atoms with Crippen molar-refractivity contribution < 1.29 is 4.39 Å². The van der Waals surface area contributed by atoms with Crippen molar-refractivity contribution in [2.45, 2.75) is 18.8 Å². The number of H-pyrrole nitrogens is 1. The zero-order valence-electron chi connectivity index (χ0n) is 10.1. The maximum atomic E-state index is 12.9. The van der Waals surface area contributed by atoms with Gasteiger partial charge in [-0.25, -0.2) is 4.39 Å². The summed E-state index contributed by atoms with van der Waals surface area (Å²) in [5.74, 6) is 0.298. The fourth-order valence-corrected chi connectivity index (χ4v) is 2.43. The van der Waals surface area contributed by atoms with Crippen molar-refractivity contribution in [2.24, 2.45) is 0 Å². The van der Waals surface area contributed by atoms with Gasteiger partial charge in [-0.1, -0.05) is 0 Å². The molecule has 0 amide bonds. The Labute approximate surface area is 105 Å². The van der Waals surface area contributed by atoms with Crippen LogP contribution in [0, 0.1) is 5.82 Å². The fraction of sp³-hybridized carbons (Fsp3) is 0.357. The van der Waals surface area contributed by atoms with Gasteiger partial charge in [-0.05, 0) is 49.7 Å². The summed E-state index contributed by atoms with van der Waals surface area (Å²) in [5.41, 5.74) is 3.00. The summed E-state index contributed by atoms with van der Waals surface area (Å²) in [6.45, 7) is 2.11. The molecule has 2 N–H and O–H groups in total. The van der Waals surface area contributed by atoms with Gasteiger partial charge in [0.1, 0.15) is 5.82 Å². The predicted molar refractivity (Wildman–Crippen MR) is 68.8 cm³/mol. The Bertz CT molecular complexity index is 512. The predicted octanol–water partition coefficient (Wildman–Crippen LogP) is 2.68. The second kappa shape index (κ2) is 4.90. The number of halogens is 1. The second-order valence-electron chi connectivity index (χ2n) is 4.76. The van der Waals surface area contributed by atoms with Crippen LogP contribution in [0.4, 0.5) is 4.39 Å². The van der Waals surface area contributed by atoms with E-state index >= 15 is 0 Å². The molecule has 1 aromatic carbocycles.